The summed E-state index contributed by atoms with van der Waals surface area (Å²) in [5.74, 6) is 1.43. The van der Waals surface area contributed by atoms with Crippen molar-refractivity contribution in [3.8, 4) is 11.5 Å². The normalized spacial score (nSPS) is 10.6. The van der Waals surface area contributed by atoms with Crippen LogP contribution in [0.25, 0.3) is 10.9 Å². The standard InChI is InChI=1S/C15H13N3O/c1-10-8-11(6-7-13(10)16)19-15-9-17-18-14-5-3-2-4-12(14)15/h2-9H,16H2,1H3. The lowest BCUT2D eigenvalue weighted by atomic mass is 10.2. The zero-order valence-corrected chi connectivity index (χ0v) is 10.5. The molecule has 0 fully saturated rings. The molecule has 3 rings (SSSR count). The number of ether oxygens (including phenoxy) is 1. The lowest BCUT2D eigenvalue weighted by Gasteiger charge is -2.09. The average molecular weight is 251 g/mol. The van der Waals surface area contributed by atoms with Gasteiger partial charge in [0.1, 0.15) is 5.75 Å². The molecule has 0 spiro atoms. The van der Waals surface area contributed by atoms with E-state index in [9.17, 15) is 0 Å². The molecule has 0 amide bonds. The van der Waals surface area contributed by atoms with Crippen molar-refractivity contribution in [2.75, 3.05) is 5.73 Å². The summed E-state index contributed by atoms with van der Waals surface area (Å²) in [4.78, 5) is 0. The number of rotatable bonds is 2. The van der Waals surface area contributed by atoms with Crippen LogP contribution < -0.4 is 10.5 Å². The van der Waals surface area contributed by atoms with Crippen molar-refractivity contribution in [2.45, 2.75) is 6.92 Å². The number of anilines is 1. The van der Waals surface area contributed by atoms with Gasteiger partial charge in [-0.25, -0.2) is 0 Å². The predicted octanol–water partition coefficient (Wildman–Crippen LogP) is 3.31. The Kier molecular flexibility index (Phi) is 2.76. The Morgan fingerprint density at radius 3 is 2.79 bits per heavy atom. The van der Waals surface area contributed by atoms with Crippen molar-refractivity contribution in [2.24, 2.45) is 0 Å². The number of benzene rings is 2. The van der Waals surface area contributed by atoms with Crippen LogP contribution in [0, 0.1) is 6.92 Å². The molecular formula is C15H13N3O. The van der Waals surface area contributed by atoms with Crippen molar-refractivity contribution in [1.29, 1.82) is 0 Å². The summed E-state index contributed by atoms with van der Waals surface area (Å²) in [5, 5.41) is 8.95. The minimum absolute atomic E-state index is 0.690. The molecule has 1 aromatic heterocycles. The van der Waals surface area contributed by atoms with Gasteiger partial charge in [-0.2, -0.15) is 10.2 Å². The van der Waals surface area contributed by atoms with Crippen LogP contribution in [0.3, 0.4) is 0 Å². The Balaban J connectivity index is 2.03. The minimum atomic E-state index is 0.690. The number of nitrogen functional groups attached to an aromatic ring is 1. The Morgan fingerprint density at radius 2 is 1.95 bits per heavy atom. The van der Waals surface area contributed by atoms with Crippen molar-refractivity contribution in [3.05, 3.63) is 54.2 Å². The number of fused-ring (bicyclic) bond motifs is 1. The van der Waals surface area contributed by atoms with Crippen LogP contribution in [0.4, 0.5) is 5.69 Å². The maximum Gasteiger partial charge on any atom is 0.156 e. The zero-order valence-electron chi connectivity index (χ0n) is 10.5. The summed E-state index contributed by atoms with van der Waals surface area (Å²) in [6.45, 7) is 1.95. The van der Waals surface area contributed by atoms with E-state index >= 15 is 0 Å². The molecule has 0 bridgehead atoms. The third kappa shape index (κ3) is 2.20. The molecule has 1 heterocycles. The van der Waals surface area contributed by atoms with Crippen LogP contribution in [0.15, 0.2) is 48.7 Å². The number of hydrogen-bond acceptors (Lipinski definition) is 4. The van der Waals surface area contributed by atoms with Gasteiger partial charge >= 0.3 is 0 Å². The smallest absolute Gasteiger partial charge is 0.156 e. The number of aromatic nitrogens is 2. The molecular weight excluding hydrogens is 238 g/mol. The summed E-state index contributed by atoms with van der Waals surface area (Å²) in [6.07, 6.45) is 1.62. The molecule has 4 nitrogen and oxygen atoms in total. The van der Waals surface area contributed by atoms with Crippen LogP contribution in [0.1, 0.15) is 5.56 Å². The quantitative estimate of drug-likeness (QED) is 0.710. The van der Waals surface area contributed by atoms with E-state index in [1.54, 1.807) is 6.20 Å². The van der Waals surface area contributed by atoms with Crippen molar-refractivity contribution < 1.29 is 4.74 Å². The highest BCUT2D eigenvalue weighted by atomic mass is 16.5. The Bertz CT molecular complexity index is 735. The van der Waals surface area contributed by atoms with Crippen LogP contribution in [-0.2, 0) is 0 Å². The second-order valence-electron chi connectivity index (χ2n) is 4.35. The van der Waals surface area contributed by atoms with Crippen LogP contribution >= 0.6 is 0 Å². The number of nitrogens with two attached hydrogens (primary N) is 1. The van der Waals surface area contributed by atoms with Crippen LogP contribution in [0.5, 0.6) is 11.5 Å². The fraction of sp³-hybridized carbons (Fsp3) is 0.0667. The SMILES string of the molecule is Cc1cc(Oc2cnnc3ccccc23)ccc1N. The van der Waals surface area contributed by atoms with Gasteiger partial charge in [-0.05, 0) is 42.8 Å². The third-order valence-electron chi connectivity index (χ3n) is 2.98. The van der Waals surface area contributed by atoms with E-state index in [0.29, 0.717) is 5.75 Å². The summed E-state index contributed by atoms with van der Waals surface area (Å²) >= 11 is 0. The van der Waals surface area contributed by atoms with Gasteiger partial charge in [-0.3, -0.25) is 0 Å². The highest BCUT2D eigenvalue weighted by Crippen LogP contribution is 2.29. The molecule has 4 heteroatoms. The lowest BCUT2D eigenvalue weighted by Crippen LogP contribution is -1.92. The molecule has 0 saturated heterocycles. The van der Waals surface area contributed by atoms with E-state index in [1.807, 2.05) is 49.4 Å². The van der Waals surface area contributed by atoms with Crippen LogP contribution in [0.2, 0.25) is 0 Å². The van der Waals surface area contributed by atoms with Gasteiger partial charge in [0, 0.05) is 11.1 Å². The largest absolute Gasteiger partial charge is 0.455 e. The lowest BCUT2D eigenvalue weighted by molar-refractivity contribution is 0.484. The topological polar surface area (TPSA) is 61.0 Å². The summed E-state index contributed by atoms with van der Waals surface area (Å²) in [6, 6.07) is 13.3. The first-order valence-electron chi connectivity index (χ1n) is 5.98. The van der Waals surface area contributed by atoms with Gasteiger partial charge in [0.2, 0.25) is 0 Å². The first kappa shape index (κ1) is 11.5. The van der Waals surface area contributed by atoms with Crippen molar-refractivity contribution in [1.82, 2.24) is 10.2 Å². The predicted molar refractivity (Wildman–Crippen MR) is 75.2 cm³/mol. The third-order valence-corrected chi connectivity index (χ3v) is 2.98. The summed E-state index contributed by atoms with van der Waals surface area (Å²) < 4.78 is 5.87. The monoisotopic (exact) mass is 251 g/mol. The van der Waals surface area contributed by atoms with Gasteiger partial charge in [0.15, 0.2) is 5.75 Å². The van der Waals surface area contributed by atoms with Gasteiger partial charge in [0.25, 0.3) is 0 Å². The molecule has 0 aliphatic carbocycles. The molecule has 0 atom stereocenters. The highest BCUT2D eigenvalue weighted by Gasteiger charge is 2.05. The molecule has 0 aliphatic rings. The van der Waals surface area contributed by atoms with Gasteiger partial charge < -0.3 is 10.5 Å². The zero-order chi connectivity index (χ0) is 13.2. The number of nitrogens with zero attached hydrogens (tertiary/aromatic N) is 2. The molecule has 0 radical (unpaired) electrons. The maximum atomic E-state index is 5.87. The molecule has 2 aromatic carbocycles. The molecule has 0 unspecified atom stereocenters. The van der Waals surface area contributed by atoms with E-state index in [2.05, 4.69) is 10.2 Å². The molecule has 0 aliphatic heterocycles. The van der Waals surface area contributed by atoms with E-state index in [1.165, 1.54) is 0 Å². The fourth-order valence-electron chi connectivity index (χ4n) is 1.90. The maximum absolute atomic E-state index is 5.87. The number of aryl methyl sites for hydroxylation is 1. The highest BCUT2D eigenvalue weighted by molar-refractivity contribution is 5.84. The first-order valence-corrected chi connectivity index (χ1v) is 5.98. The minimum Gasteiger partial charge on any atom is -0.455 e. The second-order valence-corrected chi connectivity index (χ2v) is 4.35. The van der Waals surface area contributed by atoms with Gasteiger partial charge in [-0.1, -0.05) is 12.1 Å². The number of hydrogen-bond donors (Lipinski definition) is 1. The van der Waals surface area contributed by atoms with Gasteiger partial charge in [-0.15, -0.1) is 0 Å². The Labute approximate surface area is 110 Å². The van der Waals surface area contributed by atoms with E-state index in [0.717, 1.165) is 27.9 Å². The van der Waals surface area contributed by atoms with E-state index in [4.69, 9.17) is 10.5 Å². The van der Waals surface area contributed by atoms with E-state index < -0.39 is 0 Å². The second kappa shape index (κ2) is 4.57. The molecule has 94 valence electrons. The summed E-state index contributed by atoms with van der Waals surface area (Å²) in [7, 11) is 0. The average Bonchev–Trinajstić information content (AvgIpc) is 2.43. The Morgan fingerprint density at radius 1 is 1.11 bits per heavy atom. The fourth-order valence-corrected chi connectivity index (χ4v) is 1.90. The summed E-state index contributed by atoms with van der Waals surface area (Å²) in [5.41, 5.74) is 8.35. The van der Waals surface area contributed by atoms with Gasteiger partial charge in [0.05, 0.1) is 11.7 Å². The Hall–Kier alpha value is -2.62. The molecule has 19 heavy (non-hydrogen) atoms. The molecule has 2 N–H and O–H groups in total. The van der Waals surface area contributed by atoms with E-state index in [-0.39, 0.29) is 0 Å². The van der Waals surface area contributed by atoms with Crippen molar-refractivity contribution >= 4 is 16.6 Å². The van der Waals surface area contributed by atoms with Crippen LogP contribution in [-0.4, -0.2) is 10.2 Å². The molecule has 0 saturated carbocycles. The first-order chi connectivity index (χ1) is 9.24. The van der Waals surface area contributed by atoms with Crippen molar-refractivity contribution in [3.63, 3.8) is 0 Å². The molecule has 3 aromatic rings.